The summed E-state index contributed by atoms with van der Waals surface area (Å²) in [6, 6.07) is 2.43. The molecule has 1 aromatic rings. The zero-order valence-electron chi connectivity index (χ0n) is 12.1. The molecule has 1 atom stereocenters. The van der Waals surface area contributed by atoms with Crippen LogP contribution in [0.15, 0.2) is 23.0 Å². The summed E-state index contributed by atoms with van der Waals surface area (Å²) in [6.07, 6.45) is 14.1. The molecule has 2 rings (SSSR count). The van der Waals surface area contributed by atoms with Gasteiger partial charge in [0.15, 0.2) is 0 Å². The maximum atomic E-state index is 5.75. The number of nitrogens with one attached hydrogen (secondary N) is 1. The molecule has 0 spiro atoms. The highest BCUT2D eigenvalue weighted by atomic mass is 16.3. The zero-order chi connectivity index (χ0) is 13.5. The first-order valence-corrected chi connectivity index (χ1v) is 7.80. The van der Waals surface area contributed by atoms with Gasteiger partial charge in [-0.2, -0.15) is 0 Å². The third kappa shape index (κ3) is 4.36. The van der Waals surface area contributed by atoms with E-state index in [0.29, 0.717) is 6.04 Å². The van der Waals surface area contributed by atoms with Gasteiger partial charge in [-0.3, -0.25) is 11.3 Å². The van der Waals surface area contributed by atoms with Crippen LogP contribution < -0.4 is 11.3 Å². The van der Waals surface area contributed by atoms with E-state index < -0.39 is 0 Å². The van der Waals surface area contributed by atoms with Crippen molar-refractivity contribution >= 4 is 0 Å². The quantitative estimate of drug-likeness (QED) is 0.584. The second-order valence-corrected chi connectivity index (χ2v) is 6.03. The molecule has 1 fully saturated rings. The van der Waals surface area contributed by atoms with Crippen LogP contribution >= 0.6 is 0 Å². The highest BCUT2D eigenvalue weighted by Crippen LogP contribution is 2.34. The minimum Gasteiger partial charge on any atom is -0.472 e. The average Bonchev–Trinajstić information content (AvgIpc) is 2.96. The van der Waals surface area contributed by atoms with Gasteiger partial charge in [-0.15, -0.1) is 0 Å². The molecule has 1 saturated carbocycles. The number of hydrazine groups is 1. The molecule has 3 N–H and O–H groups in total. The van der Waals surface area contributed by atoms with Crippen molar-refractivity contribution in [2.24, 2.45) is 17.7 Å². The maximum absolute atomic E-state index is 5.75. The fourth-order valence-electron chi connectivity index (χ4n) is 3.40. The van der Waals surface area contributed by atoms with Gasteiger partial charge in [0.05, 0.1) is 12.5 Å². The van der Waals surface area contributed by atoms with E-state index in [1.165, 1.54) is 50.5 Å². The number of rotatable bonds is 7. The van der Waals surface area contributed by atoms with Crippen LogP contribution in [0.4, 0.5) is 0 Å². The first-order chi connectivity index (χ1) is 9.33. The lowest BCUT2D eigenvalue weighted by Gasteiger charge is -2.33. The van der Waals surface area contributed by atoms with Crippen LogP contribution in [0.1, 0.15) is 57.4 Å². The maximum Gasteiger partial charge on any atom is 0.0935 e. The van der Waals surface area contributed by atoms with Crippen molar-refractivity contribution < 1.29 is 4.42 Å². The van der Waals surface area contributed by atoms with Gasteiger partial charge in [0, 0.05) is 6.04 Å². The van der Waals surface area contributed by atoms with E-state index in [-0.39, 0.29) is 0 Å². The molecule has 1 aliphatic carbocycles. The van der Waals surface area contributed by atoms with E-state index in [0.717, 1.165) is 18.3 Å². The standard InChI is InChI=1S/C16H28N2O/c1-2-3-4-13-5-7-15(8-6-13)16(18-17)11-14-9-10-19-12-14/h9-10,12-13,15-16,18H,2-8,11,17H2,1H3. The minimum absolute atomic E-state index is 0.393. The lowest BCUT2D eigenvalue weighted by molar-refractivity contribution is 0.211. The second kappa shape index (κ2) is 7.71. The Hall–Kier alpha value is -0.800. The Morgan fingerprint density at radius 3 is 2.74 bits per heavy atom. The number of hydrogen-bond donors (Lipinski definition) is 2. The van der Waals surface area contributed by atoms with Gasteiger partial charge in [0.25, 0.3) is 0 Å². The van der Waals surface area contributed by atoms with Gasteiger partial charge in [0.2, 0.25) is 0 Å². The van der Waals surface area contributed by atoms with Crippen LogP contribution in [0.25, 0.3) is 0 Å². The van der Waals surface area contributed by atoms with E-state index in [1.807, 2.05) is 12.3 Å². The molecule has 0 radical (unpaired) electrons. The average molecular weight is 264 g/mol. The number of furan rings is 1. The predicted molar refractivity (Wildman–Crippen MR) is 78.5 cm³/mol. The highest BCUT2D eigenvalue weighted by molar-refractivity contribution is 5.08. The van der Waals surface area contributed by atoms with Crippen LogP contribution in [0, 0.1) is 11.8 Å². The molecule has 1 heterocycles. The van der Waals surface area contributed by atoms with Gasteiger partial charge in [0.1, 0.15) is 0 Å². The fourth-order valence-corrected chi connectivity index (χ4v) is 3.40. The minimum atomic E-state index is 0.393. The molecule has 0 saturated heterocycles. The number of nitrogens with two attached hydrogens (primary N) is 1. The summed E-state index contributed by atoms with van der Waals surface area (Å²) in [7, 11) is 0. The lowest BCUT2D eigenvalue weighted by Crippen LogP contribution is -2.43. The Balaban J connectivity index is 1.78. The van der Waals surface area contributed by atoms with E-state index in [9.17, 15) is 0 Å². The Morgan fingerprint density at radius 2 is 2.16 bits per heavy atom. The molecule has 3 nitrogen and oxygen atoms in total. The second-order valence-electron chi connectivity index (χ2n) is 6.03. The molecule has 3 heteroatoms. The largest absolute Gasteiger partial charge is 0.472 e. The smallest absolute Gasteiger partial charge is 0.0935 e. The molecule has 0 aliphatic heterocycles. The molecule has 1 unspecified atom stereocenters. The summed E-state index contributed by atoms with van der Waals surface area (Å²) in [6.45, 7) is 2.28. The van der Waals surface area contributed by atoms with Crippen LogP contribution in [0.3, 0.4) is 0 Å². The molecule has 1 aromatic heterocycles. The van der Waals surface area contributed by atoms with E-state index in [2.05, 4.69) is 12.3 Å². The lowest BCUT2D eigenvalue weighted by atomic mass is 9.76. The fraction of sp³-hybridized carbons (Fsp3) is 0.750. The number of unbranched alkanes of at least 4 members (excludes halogenated alkanes) is 1. The Kier molecular flexibility index (Phi) is 5.93. The van der Waals surface area contributed by atoms with Gasteiger partial charge < -0.3 is 4.42 Å². The van der Waals surface area contributed by atoms with Crippen molar-refractivity contribution in [2.75, 3.05) is 0 Å². The summed E-state index contributed by atoms with van der Waals surface area (Å²) in [5.74, 6) is 7.44. The first kappa shape index (κ1) is 14.6. The summed E-state index contributed by atoms with van der Waals surface area (Å²) in [4.78, 5) is 0. The van der Waals surface area contributed by atoms with Gasteiger partial charge >= 0.3 is 0 Å². The van der Waals surface area contributed by atoms with Crippen LogP contribution in [0.5, 0.6) is 0 Å². The molecule has 108 valence electrons. The first-order valence-electron chi connectivity index (χ1n) is 7.80. The SMILES string of the molecule is CCCCC1CCC(C(Cc2ccoc2)NN)CC1. The van der Waals surface area contributed by atoms with Crippen molar-refractivity contribution in [3.63, 3.8) is 0 Å². The van der Waals surface area contributed by atoms with Gasteiger partial charge in [-0.1, -0.05) is 39.0 Å². The summed E-state index contributed by atoms with van der Waals surface area (Å²) in [5.41, 5.74) is 4.27. The Labute approximate surface area is 116 Å². The van der Waals surface area contributed by atoms with E-state index >= 15 is 0 Å². The monoisotopic (exact) mass is 264 g/mol. The van der Waals surface area contributed by atoms with Crippen LogP contribution in [-0.2, 0) is 6.42 Å². The third-order valence-corrected chi connectivity index (χ3v) is 4.68. The molecular weight excluding hydrogens is 236 g/mol. The van der Waals surface area contributed by atoms with Gasteiger partial charge in [-0.05, 0) is 42.7 Å². The third-order valence-electron chi connectivity index (χ3n) is 4.68. The number of hydrogen-bond acceptors (Lipinski definition) is 3. The molecule has 0 aromatic carbocycles. The van der Waals surface area contributed by atoms with Gasteiger partial charge in [-0.25, -0.2) is 0 Å². The predicted octanol–water partition coefficient (Wildman–Crippen LogP) is 3.65. The Morgan fingerprint density at radius 1 is 1.37 bits per heavy atom. The molecule has 0 bridgehead atoms. The molecule has 1 aliphatic rings. The summed E-state index contributed by atoms with van der Waals surface area (Å²) < 4.78 is 5.14. The van der Waals surface area contributed by atoms with Crippen molar-refractivity contribution in [3.05, 3.63) is 24.2 Å². The highest BCUT2D eigenvalue weighted by Gasteiger charge is 2.27. The molecule has 0 amide bonds. The normalized spacial score (nSPS) is 25.4. The summed E-state index contributed by atoms with van der Waals surface area (Å²) >= 11 is 0. The summed E-state index contributed by atoms with van der Waals surface area (Å²) in [5, 5.41) is 0. The van der Waals surface area contributed by atoms with Crippen LogP contribution in [0.2, 0.25) is 0 Å². The zero-order valence-corrected chi connectivity index (χ0v) is 12.1. The van der Waals surface area contributed by atoms with Crippen molar-refractivity contribution in [1.29, 1.82) is 0 Å². The van der Waals surface area contributed by atoms with Crippen molar-refractivity contribution in [2.45, 2.75) is 64.3 Å². The molecular formula is C16H28N2O. The van der Waals surface area contributed by atoms with Crippen molar-refractivity contribution in [1.82, 2.24) is 5.43 Å². The Bertz CT molecular complexity index is 329. The topological polar surface area (TPSA) is 51.2 Å². The van der Waals surface area contributed by atoms with E-state index in [4.69, 9.17) is 10.3 Å². The molecule has 19 heavy (non-hydrogen) atoms. The van der Waals surface area contributed by atoms with Crippen LogP contribution in [-0.4, -0.2) is 6.04 Å². The van der Waals surface area contributed by atoms with E-state index in [1.54, 1.807) is 6.26 Å². The van der Waals surface area contributed by atoms with Crippen molar-refractivity contribution in [3.8, 4) is 0 Å².